The molecule has 0 aromatic rings. The fraction of sp³-hybridized carbons (Fsp3) is 0.875. The highest BCUT2D eigenvalue weighted by molar-refractivity contribution is 5.51. The van der Waals surface area contributed by atoms with Crippen LogP contribution in [0.2, 0.25) is 0 Å². The number of aliphatic hydroxyl groups excluding tert-OH is 1. The summed E-state index contributed by atoms with van der Waals surface area (Å²) < 4.78 is 0. The molecule has 2 N–H and O–H groups in total. The van der Waals surface area contributed by atoms with Crippen LogP contribution in [0.5, 0.6) is 0 Å². The van der Waals surface area contributed by atoms with Gasteiger partial charge in [0.05, 0.1) is 11.7 Å². The summed E-state index contributed by atoms with van der Waals surface area (Å²) in [5.74, 6) is 0. The third-order valence-corrected chi connectivity index (χ3v) is 2.39. The smallest absolute Gasteiger partial charge is 0.122 e. The van der Waals surface area contributed by atoms with E-state index in [4.69, 9.17) is 0 Å². The fourth-order valence-electron chi connectivity index (χ4n) is 1.59. The number of carbonyl (C=O) groups is 1. The van der Waals surface area contributed by atoms with E-state index in [0.29, 0.717) is 19.1 Å². The predicted molar refractivity (Wildman–Crippen MR) is 40.1 cm³/mol. The normalized spacial score (nSPS) is 38.5. The summed E-state index contributed by atoms with van der Waals surface area (Å²) in [6.07, 6.45) is 3.05. The maximum absolute atomic E-state index is 10.2. The van der Waals surface area contributed by atoms with Crippen molar-refractivity contribution in [2.24, 2.45) is 0 Å². The second kappa shape index (κ2) is 3.32. The molecule has 3 heteroatoms. The van der Waals surface area contributed by atoms with Crippen LogP contribution >= 0.6 is 0 Å². The van der Waals surface area contributed by atoms with Crippen LogP contribution in [0.1, 0.15) is 32.1 Å². The Kier molecular flexibility index (Phi) is 2.62. The second-order valence-electron chi connectivity index (χ2n) is 3.24. The Morgan fingerprint density at radius 1 is 1.55 bits per heavy atom. The van der Waals surface area contributed by atoms with Gasteiger partial charge in [-0.1, -0.05) is 12.8 Å². The van der Waals surface area contributed by atoms with Crippen molar-refractivity contribution in [1.82, 2.24) is 0 Å². The number of aldehydes is 1. The zero-order valence-corrected chi connectivity index (χ0v) is 6.49. The monoisotopic (exact) mass is 158 g/mol. The summed E-state index contributed by atoms with van der Waals surface area (Å²) in [5, 5.41) is 19.0. The van der Waals surface area contributed by atoms with E-state index in [2.05, 4.69) is 0 Å². The Morgan fingerprint density at radius 3 is 2.82 bits per heavy atom. The van der Waals surface area contributed by atoms with Crippen molar-refractivity contribution in [3.8, 4) is 0 Å². The van der Waals surface area contributed by atoms with Gasteiger partial charge in [-0.2, -0.15) is 0 Å². The first kappa shape index (κ1) is 8.68. The number of carbonyl (C=O) groups excluding carboxylic acids is 1. The predicted octanol–water partition coefficient (Wildman–Crippen LogP) is 0.241. The van der Waals surface area contributed by atoms with Crippen LogP contribution in [-0.4, -0.2) is 28.2 Å². The standard InChI is InChI=1S/C8H14O3/c9-6-5-8(11)4-2-1-3-7(8)10/h6-7,10-11H,1-5H2. The highest BCUT2D eigenvalue weighted by Gasteiger charge is 2.37. The van der Waals surface area contributed by atoms with E-state index >= 15 is 0 Å². The van der Waals surface area contributed by atoms with E-state index < -0.39 is 11.7 Å². The Balaban J connectivity index is 2.56. The molecule has 0 heterocycles. The van der Waals surface area contributed by atoms with Crippen molar-refractivity contribution in [1.29, 1.82) is 0 Å². The van der Waals surface area contributed by atoms with E-state index in [0.717, 1.165) is 12.8 Å². The van der Waals surface area contributed by atoms with Gasteiger partial charge in [0.15, 0.2) is 0 Å². The molecular formula is C8H14O3. The minimum absolute atomic E-state index is 0.0637. The molecule has 0 bridgehead atoms. The van der Waals surface area contributed by atoms with Crippen molar-refractivity contribution in [2.75, 3.05) is 0 Å². The number of aliphatic hydroxyl groups is 2. The Hall–Kier alpha value is -0.410. The summed E-state index contributed by atoms with van der Waals surface area (Å²) >= 11 is 0. The lowest BCUT2D eigenvalue weighted by Crippen LogP contribution is -2.45. The molecule has 3 nitrogen and oxygen atoms in total. The first-order valence-electron chi connectivity index (χ1n) is 4.03. The number of hydrogen-bond donors (Lipinski definition) is 2. The topological polar surface area (TPSA) is 57.5 Å². The van der Waals surface area contributed by atoms with Gasteiger partial charge in [-0.15, -0.1) is 0 Å². The lowest BCUT2D eigenvalue weighted by molar-refractivity contribution is -0.127. The van der Waals surface area contributed by atoms with Gasteiger partial charge in [0.1, 0.15) is 6.29 Å². The lowest BCUT2D eigenvalue weighted by Gasteiger charge is -2.35. The molecule has 1 fully saturated rings. The number of rotatable bonds is 2. The summed E-state index contributed by atoms with van der Waals surface area (Å²) in [4.78, 5) is 10.2. The minimum Gasteiger partial charge on any atom is -0.390 e. The quantitative estimate of drug-likeness (QED) is 0.566. The fourth-order valence-corrected chi connectivity index (χ4v) is 1.59. The zero-order valence-electron chi connectivity index (χ0n) is 6.49. The maximum Gasteiger partial charge on any atom is 0.122 e. The molecule has 1 aliphatic rings. The van der Waals surface area contributed by atoms with Crippen LogP contribution in [0.25, 0.3) is 0 Å². The molecule has 11 heavy (non-hydrogen) atoms. The number of hydrogen-bond acceptors (Lipinski definition) is 3. The zero-order chi connectivity index (χ0) is 8.32. The first-order chi connectivity index (χ1) is 5.19. The summed E-state index contributed by atoms with van der Waals surface area (Å²) in [7, 11) is 0. The highest BCUT2D eigenvalue weighted by atomic mass is 16.3. The Labute approximate surface area is 66.0 Å². The van der Waals surface area contributed by atoms with E-state index in [1.807, 2.05) is 0 Å². The lowest BCUT2D eigenvalue weighted by atomic mass is 9.80. The molecule has 0 amide bonds. The SMILES string of the molecule is O=CCC1(O)CCCCC1O. The van der Waals surface area contributed by atoms with Gasteiger partial charge in [-0.25, -0.2) is 0 Å². The summed E-state index contributed by atoms with van der Waals surface area (Å²) in [5.41, 5.74) is -1.12. The van der Waals surface area contributed by atoms with Crippen molar-refractivity contribution < 1.29 is 15.0 Å². The Morgan fingerprint density at radius 2 is 2.27 bits per heavy atom. The average molecular weight is 158 g/mol. The molecule has 1 saturated carbocycles. The maximum atomic E-state index is 10.2. The van der Waals surface area contributed by atoms with Gasteiger partial charge >= 0.3 is 0 Å². The molecule has 0 aromatic carbocycles. The molecule has 0 aliphatic heterocycles. The van der Waals surface area contributed by atoms with Crippen LogP contribution < -0.4 is 0 Å². The average Bonchev–Trinajstić information content (AvgIpc) is 1.96. The van der Waals surface area contributed by atoms with E-state index in [-0.39, 0.29) is 6.42 Å². The third kappa shape index (κ3) is 1.79. The van der Waals surface area contributed by atoms with Crippen molar-refractivity contribution >= 4 is 6.29 Å². The van der Waals surface area contributed by atoms with Crippen molar-refractivity contribution in [3.63, 3.8) is 0 Å². The summed E-state index contributed by atoms with van der Waals surface area (Å²) in [6, 6.07) is 0. The van der Waals surface area contributed by atoms with Gasteiger partial charge < -0.3 is 15.0 Å². The molecule has 2 atom stereocenters. The first-order valence-corrected chi connectivity index (χ1v) is 4.03. The molecule has 2 unspecified atom stereocenters. The molecular weight excluding hydrogens is 144 g/mol. The van der Waals surface area contributed by atoms with Gasteiger partial charge in [0, 0.05) is 6.42 Å². The molecule has 0 spiro atoms. The van der Waals surface area contributed by atoms with Gasteiger partial charge in [0.25, 0.3) is 0 Å². The molecule has 1 aliphatic carbocycles. The van der Waals surface area contributed by atoms with Crippen LogP contribution in [0.3, 0.4) is 0 Å². The van der Waals surface area contributed by atoms with Gasteiger partial charge in [-0.3, -0.25) is 0 Å². The minimum atomic E-state index is -1.12. The van der Waals surface area contributed by atoms with Crippen LogP contribution in [0.15, 0.2) is 0 Å². The van der Waals surface area contributed by atoms with Crippen molar-refractivity contribution in [2.45, 2.75) is 43.8 Å². The van der Waals surface area contributed by atoms with E-state index in [9.17, 15) is 15.0 Å². The van der Waals surface area contributed by atoms with Crippen LogP contribution in [-0.2, 0) is 4.79 Å². The van der Waals surface area contributed by atoms with Crippen LogP contribution in [0, 0.1) is 0 Å². The molecule has 1 rings (SSSR count). The largest absolute Gasteiger partial charge is 0.390 e. The molecule has 64 valence electrons. The Bertz CT molecular complexity index is 146. The van der Waals surface area contributed by atoms with Gasteiger partial charge in [-0.05, 0) is 12.8 Å². The second-order valence-corrected chi connectivity index (χ2v) is 3.24. The third-order valence-electron chi connectivity index (χ3n) is 2.39. The van der Waals surface area contributed by atoms with Crippen LogP contribution in [0.4, 0.5) is 0 Å². The van der Waals surface area contributed by atoms with Gasteiger partial charge in [0.2, 0.25) is 0 Å². The van der Waals surface area contributed by atoms with E-state index in [1.165, 1.54) is 0 Å². The van der Waals surface area contributed by atoms with Crippen molar-refractivity contribution in [3.05, 3.63) is 0 Å². The van der Waals surface area contributed by atoms with E-state index in [1.54, 1.807) is 0 Å². The highest BCUT2D eigenvalue weighted by Crippen LogP contribution is 2.30. The molecule has 0 radical (unpaired) electrons. The molecule has 0 saturated heterocycles. The molecule has 0 aromatic heterocycles. The summed E-state index contributed by atoms with van der Waals surface area (Å²) in [6.45, 7) is 0.